The Morgan fingerprint density at radius 1 is 1.19 bits per heavy atom. The van der Waals surface area contributed by atoms with E-state index in [2.05, 4.69) is 31.9 Å². The highest BCUT2D eigenvalue weighted by Crippen LogP contribution is 2.30. The summed E-state index contributed by atoms with van der Waals surface area (Å²) in [6, 6.07) is 4.43. The maximum atomic E-state index is 13.1. The minimum atomic E-state index is 0.0846. The van der Waals surface area contributed by atoms with Gasteiger partial charge in [0.15, 0.2) is 4.96 Å². The first kappa shape index (κ1) is 16.0. The molecule has 3 aromatic heterocycles. The fourth-order valence-electron chi connectivity index (χ4n) is 4.28. The first-order valence-corrected chi connectivity index (χ1v) is 9.98. The number of hydrogen-bond acceptors (Lipinski definition) is 5. The number of thiazole rings is 1. The Hall–Kier alpha value is -2.25. The Morgan fingerprint density at radius 3 is 2.92 bits per heavy atom. The summed E-state index contributed by atoms with van der Waals surface area (Å²) in [5.41, 5.74) is 1.86. The van der Waals surface area contributed by atoms with E-state index in [1.54, 1.807) is 11.3 Å². The van der Waals surface area contributed by atoms with Crippen molar-refractivity contribution in [2.75, 3.05) is 19.6 Å². The van der Waals surface area contributed by atoms with Crippen LogP contribution < -0.4 is 0 Å². The molecule has 2 atom stereocenters. The van der Waals surface area contributed by atoms with E-state index >= 15 is 0 Å². The molecule has 1 amide bonds. The van der Waals surface area contributed by atoms with Gasteiger partial charge in [0.25, 0.3) is 5.91 Å². The number of pyridine rings is 1. The van der Waals surface area contributed by atoms with Crippen molar-refractivity contribution in [2.24, 2.45) is 5.92 Å². The number of piperidine rings is 1. The molecule has 0 radical (unpaired) electrons. The first-order valence-electron chi connectivity index (χ1n) is 9.11. The van der Waals surface area contributed by atoms with E-state index in [1.807, 2.05) is 34.6 Å². The van der Waals surface area contributed by atoms with Crippen molar-refractivity contribution >= 4 is 22.2 Å². The van der Waals surface area contributed by atoms with Gasteiger partial charge < -0.3 is 4.90 Å². The predicted octanol–water partition coefficient (Wildman–Crippen LogP) is 2.53. The molecule has 6 nitrogen and oxygen atoms in total. The molecule has 0 spiro atoms. The zero-order valence-corrected chi connectivity index (χ0v) is 15.3. The van der Waals surface area contributed by atoms with Crippen molar-refractivity contribution in [1.82, 2.24) is 24.2 Å². The van der Waals surface area contributed by atoms with Crippen molar-refractivity contribution in [1.29, 1.82) is 0 Å². The number of amides is 1. The van der Waals surface area contributed by atoms with E-state index in [0.717, 1.165) is 37.6 Å². The molecule has 3 aliphatic heterocycles. The highest BCUT2D eigenvalue weighted by molar-refractivity contribution is 7.15. The van der Waals surface area contributed by atoms with Gasteiger partial charge in [0.2, 0.25) is 0 Å². The smallest absolute Gasteiger partial charge is 0.274 e. The minimum absolute atomic E-state index is 0.0846. The second kappa shape index (κ2) is 6.48. The van der Waals surface area contributed by atoms with Crippen molar-refractivity contribution in [3.63, 3.8) is 0 Å². The summed E-state index contributed by atoms with van der Waals surface area (Å²) in [4.78, 5) is 27.2. The maximum Gasteiger partial charge on any atom is 0.274 e. The molecule has 3 saturated heterocycles. The van der Waals surface area contributed by atoms with E-state index in [1.165, 1.54) is 12.0 Å². The molecule has 6 heterocycles. The van der Waals surface area contributed by atoms with E-state index in [4.69, 9.17) is 0 Å². The Balaban J connectivity index is 1.35. The van der Waals surface area contributed by atoms with E-state index in [9.17, 15) is 4.79 Å². The van der Waals surface area contributed by atoms with Gasteiger partial charge in [0, 0.05) is 62.4 Å². The second-order valence-corrected chi connectivity index (χ2v) is 8.20. The highest BCUT2D eigenvalue weighted by Gasteiger charge is 2.38. The molecule has 0 unspecified atom stereocenters. The molecule has 6 rings (SSSR count). The van der Waals surface area contributed by atoms with E-state index < -0.39 is 0 Å². The van der Waals surface area contributed by atoms with Gasteiger partial charge in [-0.25, -0.2) is 4.98 Å². The van der Waals surface area contributed by atoms with E-state index in [0.29, 0.717) is 11.6 Å². The van der Waals surface area contributed by atoms with Crippen LogP contribution in [0.4, 0.5) is 0 Å². The number of aromatic nitrogens is 3. The molecule has 134 valence electrons. The van der Waals surface area contributed by atoms with Crippen LogP contribution in [0.15, 0.2) is 42.3 Å². The van der Waals surface area contributed by atoms with Gasteiger partial charge >= 0.3 is 0 Å². The normalized spacial score (nSPS) is 23.5. The number of carbonyl (C=O) groups is 1. The zero-order valence-electron chi connectivity index (χ0n) is 14.5. The predicted molar refractivity (Wildman–Crippen MR) is 100 cm³/mol. The average Bonchev–Trinajstić information content (AvgIpc) is 3.15. The lowest BCUT2D eigenvalue weighted by Crippen LogP contribution is -2.47. The zero-order chi connectivity index (χ0) is 17.5. The molecule has 0 saturated carbocycles. The summed E-state index contributed by atoms with van der Waals surface area (Å²) < 4.78 is 1.93. The molecule has 7 heteroatoms. The van der Waals surface area contributed by atoms with Crippen LogP contribution in [-0.2, 0) is 6.54 Å². The fourth-order valence-corrected chi connectivity index (χ4v) is 4.98. The van der Waals surface area contributed by atoms with E-state index in [-0.39, 0.29) is 11.9 Å². The van der Waals surface area contributed by atoms with Crippen molar-refractivity contribution in [2.45, 2.75) is 25.4 Å². The Labute approximate surface area is 156 Å². The number of carbonyl (C=O) groups excluding carboxylic acids is 1. The molecule has 3 aromatic rings. The number of hydrogen-bond donors (Lipinski definition) is 0. The highest BCUT2D eigenvalue weighted by atomic mass is 32.1. The summed E-state index contributed by atoms with van der Waals surface area (Å²) in [6.45, 7) is 3.77. The molecule has 0 aromatic carbocycles. The van der Waals surface area contributed by atoms with Crippen LogP contribution in [0.25, 0.3) is 4.96 Å². The SMILES string of the molecule is O=C(c1cn2ccsc2n1)N1C[C@H]2CC[C@@H]1CN(Cc1ccncc1)C2. The second-order valence-electron chi connectivity index (χ2n) is 7.32. The van der Waals surface area contributed by atoms with Crippen LogP contribution in [0.2, 0.25) is 0 Å². The summed E-state index contributed by atoms with van der Waals surface area (Å²) in [5, 5.41) is 1.99. The molecule has 3 aliphatic rings. The maximum absolute atomic E-state index is 13.1. The topological polar surface area (TPSA) is 53.7 Å². The lowest BCUT2D eigenvalue weighted by Gasteiger charge is -2.35. The van der Waals surface area contributed by atoms with Gasteiger partial charge in [-0.3, -0.25) is 19.1 Å². The molecule has 26 heavy (non-hydrogen) atoms. The van der Waals surface area contributed by atoms with Gasteiger partial charge in [-0.15, -0.1) is 11.3 Å². The molecule has 0 N–H and O–H groups in total. The lowest BCUT2D eigenvalue weighted by atomic mass is 9.95. The van der Waals surface area contributed by atoms with Crippen LogP contribution >= 0.6 is 11.3 Å². The summed E-state index contributed by atoms with van der Waals surface area (Å²) in [5.74, 6) is 0.629. The largest absolute Gasteiger partial charge is 0.333 e. The van der Waals surface area contributed by atoms with Crippen LogP contribution in [0.3, 0.4) is 0 Å². The van der Waals surface area contributed by atoms with Crippen LogP contribution in [0.5, 0.6) is 0 Å². The number of nitrogens with zero attached hydrogens (tertiary/aromatic N) is 5. The molecule has 3 fully saturated rings. The molecule has 0 aliphatic carbocycles. The average molecular weight is 367 g/mol. The van der Waals surface area contributed by atoms with Crippen LogP contribution in [0, 0.1) is 5.92 Å². The Morgan fingerprint density at radius 2 is 2.08 bits per heavy atom. The number of fused-ring (bicyclic) bond motifs is 5. The quantitative estimate of drug-likeness (QED) is 0.714. The van der Waals surface area contributed by atoms with Crippen molar-refractivity contribution in [3.8, 4) is 0 Å². The first-order chi connectivity index (χ1) is 12.8. The fraction of sp³-hybridized carbons (Fsp3) is 0.421. The van der Waals surface area contributed by atoms with Crippen LogP contribution in [-0.4, -0.2) is 55.8 Å². The number of rotatable bonds is 3. The number of imidazole rings is 1. The lowest BCUT2D eigenvalue weighted by molar-refractivity contribution is 0.0579. The van der Waals surface area contributed by atoms with Crippen molar-refractivity contribution < 1.29 is 4.79 Å². The third-order valence-electron chi connectivity index (χ3n) is 5.52. The standard InChI is InChI=1S/C19H21N5OS/c25-18(17-13-23-7-8-26-19(23)21-17)24-11-15-1-2-16(24)12-22(10-15)9-14-3-5-20-6-4-14/h3-8,13,15-16H,1-2,9-12H2/t15-,16+/m0/s1. The molecular weight excluding hydrogens is 346 g/mol. The summed E-state index contributed by atoms with van der Waals surface area (Å²) in [7, 11) is 0. The van der Waals surface area contributed by atoms with Gasteiger partial charge in [-0.05, 0) is 36.5 Å². The van der Waals surface area contributed by atoms with Gasteiger partial charge in [-0.2, -0.15) is 0 Å². The summed E-state index contributed by atoms with van der Waals surface area (Å²) in [6.07, 6.45) is 9.81. The minimum Gasteiger partial charge on any atom is -0.333 e. The summed E-state index contributed by atoms with van der Waals surface area (Å²) >= 11 is 1.56. The Bertz CT molecular complexity index is 892. The third kappa shape index (κ3) is 2.91. The van der Waals surface area contributed by atoms with Gasteiger partial charge in [0.1, 0.15) is 5.69 Å². The van der Waals surface area contributed by atoms with Gasteiger partial charge in [-0.1, -0.05) is 0 Å². The monoisotopic (exact) mass is 367 g/mol. The molecule has 2 bridgehead atoms. The van der Waals surface area contributed by atoms with Gasteiger partial charge in [0.05, 0.1) is 0 Å². The third-order valence-corrected chi connectivity index (χ3v) is 6.29. The van der Waals surface area contributed by atoms with Crippen LogP contribution in [0.1, 0.15) is 28.9 Å². The Kier molecular flexibility index (Phi) is 3.98. The molecular formula is C19H21N5OS. The van der Waals surface area contributed by atoms with Crippen molar-refractivity contribution in [3.05, 3.63) is 53.6 Å².